The first-order chi connectivity index (χ1) is 9.04. The number of aromatic nitrogens is 4. The summed E-state index contributed by atoms with van der Waals surface area (Å²) in [6.45, 7) is 5.55. The van der Waals surface area contributed by atoms with Crippen LogP contribution in [0.1, 0.15) is 19.5 Å². The van der Waals surface area contributed by atoms with Gasteiger partial charge >= 0.3 is 12.0 Å². The minimum absolute atomic E-state index is 0.0159. The predicted octanol–water partition coefficient (Wildman–Crippen LogP) is 2.81. The quantitative estimate of drug-likeness (QED) is 0.858. The van der Waals surface area contributed by atoms with Crippen LogP contribution in [0.5, 0.6) is 17.8 Å². The highest BCUT2D eigenvalue weighted by molar-refractivity contribution is 6.28. The highest BCUT2D eigenvalue weighted by Gasteiger charge is 2.10. The molecule has 19 heavy (non-hydrogen) atoms. The van der Waals surface area contributed by atoms with Crippen LogP contribution in [0.15, 0.2) is 18.3 Å². The molecule has 0 spiro atoms. The molecule has 0 fully saturated rings. The molecule has 0 aromatic carbocycles. The molecule has 0 aliphatic rings. The maximum Gasteiger partial charge on any atom is 0.329 e. The smallest absolute Gasteiger partial charge is 0.329 e. The van der Waals surface area contributed by atoms with Crippen molar-refractivity contribution in [3.63, 3.8) is 0 Å². The highest BCUT2D eigenvalue weighted by Crippen LogP contribution is 2.22. The van der Waals surface area contributed by atoms with E-state index in [1.807, 2.05) is 20.8 Å². The van der Waals surface area contributed by atoms with E-state index in [1.165, 1.54) is 0 Å². The van der Waals surface area contributed by atoms with Gasteiger partial charge < -0.3 is 9.47 Å². The zero-order chi connectivity index (χ0) is 13.8. The molecule has 0 atom stereocenters. The lowest BCUT2D eigenvalue weighted by molar-refractivity contribution is 0.218. The van der Waals surface area contributed by atoms with E-state index >= 15 is 0 Å². The molecule has 2 heterocycles. The van der Waals surface area contributed by atoms with Gasteiger partial charge in [-0.2, -0.15) is 9.97 Å². The summed E-state index contributed by atoms with van der Waals surface area (Å²) in [4.78, 5) is 15.9. The van der Waals surface area contributed by atoms with Gasteiger partial charge in [0.2, 0.25) is 5.28 Å². The van der Waals surface area contributed by atoms with Gasteiger partial charge in [-0.15, -0.1) is 4.98 Å². The SMILES string of the molecule is Cc1ncccc1Oc1nc(Cl)nc(OC(C)C)n1. The average Bonchev–Trinajstić information content (AvgIpc) is 2.30. The van der Waals surface area contributed by atoms with Crippen LogP contribution in [0, 0.1) is 6.92 Å². The third-order valence-corrected chi connectivity index (χ3v) is 2.24. The molecule has 2 aromatic heterocycles. The Morgan fingerprint density at radius 2 is 1.89 bits per heavy atom. The minimum Gasteiger partial charge on any atom is -0.461 e. The zero-order valence-corrected chi connectivity index (χ0v) is 11.5. The van der Waals surface area contributed by atoms with E-state index in [-0.39, 0.29) is 23.4 Å². The average molecular weight is 281 g/mol. The van der Waals surface area contributed by atoms with E-state index < -0.39 is 0 Å². The highest BCUT2D eigenvalue weighted by atomic mass is 35.5. The standard InChI is InChI=1S/C12H13ClN4O2/c1-7(2)18-11-15-10(13)16-12(17-11)19-9-5-4-6-14-8(9)3/h4-7H,1-3H3. The number of pyridine rings is 1. The van der Waals surface area contributed by atoms with Gasteiger partial charge in [-0.05, 0) is 44.5 Å². The summed E-state index contributed by atoms with van der Waals surface area (Å²) in [5.74, 6) is 0.556. The third-order valence-electron chi connectivity index (χ3n) is 2.07. The van der Waals surface area contributed by atoms with Crippen LogP contribution >= 0.6 is 11.6 Å². The maximum atomic E-state index is 5.80. The van der Waals surface area contributed by atoms with Crippen molar-refractivity contribution in [2.75, 3.05) is 0 Å². The minimum atomic E-state index is -0.0635. The molecule has 0 radical (unpaired) electrons. The molecule has 2 rings (SSSR count). The Bertz CT molecular complexity index is 577. The van der Waals surface area contributed by atoms with Crippen molar-refractivity contribution in [3.8, 4) is 17.8 Å². The lowest BCUT2D eigenvalue weighted by atomic mass is 10.3. The van der Waals surface area contributed by atoms with Crippen LogP contribution in [0.3, 0.4) is 0 Å². The summed E-state index contributed by atoms with van der Waals surface area (Å²) in [7, 11) is 0. The molecule has 0 saturated carbocycles. The molecule has 100 valence electrons. The molecule has 0 saturated heterocycles. The monoisotopic (exact) mass is 280 g/mol. The van der Waals surface area contributed by atoms with Crippen LogP contribution < -0.4 is 9.47 Å². The fourth-order valence-corrected chi connectivity index (χ4v) is 1.44. The van der Waals surface area contributed by atoms with Gasteiger partial charge in [0, 0.05) is 6.20 Å². The summed E-state index contributed by atoms with van der Waals surface area (Å²) >= 11 is 5.80. The lowest BCUT2D eigenvalue weighted by Gasteiger charge is -2.09. The largest absolute Gasteiger partial charge is 0.461 e. The van der Waals surface area contributed by atoms with E-state index in [2.05, 4.69) is 19.9 Å². The topological polar surface area (TPSA) is 70.0 Å². The molecule has 0 unspecified atom stereocenters. The first kappa shape index (κ1) is 13.5. The van der Waals surface area contributed by atoms with E-state index in [0.29, 0.717) is 5.75 Å². The molecule has 2 aromatic rings. The molecule has 0 amide bonds. The van der Waals surface area contributed by atoms with Gasteiger partial charge in [-0.3, -0.25) is 4.98 Å². The molecule has 0 aliphatic carbocycles. The summed E-state index contributed by atoms with van der Waals surface area (Å²) in [5, 5.41) is 0.0159. The molecule has 7 heteroatoms. The summed E-state index contributed by atoms with van der Waals surface area (Å²) in [6.07, 6.45) is 1.61. The van der Waals surface area contributed by atoms with Gasteiger partial charge in [0.1, 0.15) is 0 Å². The van der Waals surface area contributed by atoms with Gasteiger partial charge in [-0.1, -0.05) is 0 Å². The Morgan fingerprint density at radius 3 is 2.58 bits per heavy atom. The summed E-state index contributed by atoms with van der Waals surface area (Å²) in [5.41, 5.74) is 0.727. The summed E-state index contributed by atoms with van der Waals surface area (Å²) < 4.78 is 10.9. The number of hydrogen-bond donors (Lipinski definition) is 0. The normalized spacial score (nSPS) is 10.6. The Labute approximate surface area is 115 Å². The number of nitrogens with zero attached hydrogens (tertiary/aromatic N) is 4. The second-order valence-electron chi connectivity index (χ2n) is 4.03. The first-order valence-corrected chi connectivity index (χ1v) is 6.10. The van der Waals surface area contributed by atoms with Crippen LogP contribution in [-0.4, -0.2) is 26.0 Å². The number of halogens is 1. The Kier molecular flexibility index (Phi) is 4.11. The zero-order valence-electron chi connectivity index (χ0n) is 10.8. The maximum absolute atomic E-state index is 5.80. The van der Waals surface area contributed by atoms with E-state index in [9.17, 15) is 0 Å². The van der Waals surface area contributed by atoms with E-state index in [1.54, 1.807) is 18.3 Å². The summed E-state index contributed by atoms with van der Waals surface area (Å²) in [6, 6.07) is 3.73. The molecule has 6 nitrogen and oxygen atoms in total. The van der Waals surface area contributed by atoms with Gasteiger partial charge in [-0.25, -0.2) is 0 Å². The fourth-order valence-electron chi connectivity index (χ4n) is 1.30. The molecule has 0 N–H and O–H groups in total. The fraction of sp³-hybridized carbons (Fsp3) is 0.333. The van der Waals surface area contributed by atoms with Crippen molar-refractivity contribution in [2.45, 2.75) is 26.9 Å². The van der Waals surface area contributed by atoms with E-state index in [4.69, 9.17) is 21.1 Å². The molecule has 0 aliphatic heterocycles. The lowest BCUT2D eigenvalue weighted by Crippen LogP contribution is -2.09. The second kappa shape index (κ2) is 5.79. The first-order valence-electron chi connectivity index (χ1n) is 5.72. The van der Waals surface area contributed by atoms with E-state index in [0.717, 1.165) is 5.69 Å². The number of ether oxygens (including phenoxy) is 2. The molecule has 0 bridgehead atoms. The van der Waals surface area contributed by atoms with Crippen LogP contribution in [0.4, 0.5) is 0 Å². The number of hydrogen-bond acceptors (Lipinski definition) is 6. The molecular formula is C12H13ClN4O2. The third kappa shape index (κ3) is 3.75. The van der Waals surface area contributed by atoms with Crippen molar-refractivity contribution in [2.24, 2.45) is 0 Å². The number of aryl methyl sites for hydroxylation is 1. The Hall–Kier alpha value is -1.95. The van der Waals surface area contributed by atoms with Gasteiger partial charge in [0.25, 0.3) is 0 Å². The van der Waals surface area contributed by atoms with Crippen molar-refractivity contribution < 1.29 is 9.47 Å². The van der Waals surface area contributed by atoms with Gasteiger partial charge in [0.15, 0.2) is 5.75 Å². The van der Waals surface area contributed by atoms with Crippen LogP contribution in [0.25, 0.3) is 0 Å². The Balaban J connectivity index is 2.25. The van der Waals surface area contributed by atoms with Crippen molar-refractivity contribution in [1.82, 2.24) is 19.9 Å². The van der Waals surface area contributed by atoms with Gasteiger partial charge in [0.05, 0.1) is 11.8 Å². The molecular weight excluding hydrogens is 268 g/mol. The Morgan fingerprint density at radius 1 is 1.16 bits per heavy atom. The number of rotatable bonds is 4. The van der Waals surface area contributed by atoms with Crippen molar-refractivity contribution in [3.05, 3.63) is 29.3 Å². The van der Waals surface area contributed by atoms with Crippen LogP contribution in [-0.2, 0) is 0 Å². The van der Waals surface area contributed by atoms with Crippen LogP contribution in [0.2, 0.25) is 5.28 Å². The van der Waals surface area contributed by atoms with Crippen molar-refractivity contribution in [1.29, 1.82) is 0 Å². The van der Waals surface area contributed by atoms with Crippen molar-refractivity contribution >= 4 is 11.6 Å². The predicted molar refractivity (Wildman–Crippen MR) is 69.6 cm³/mol. The second-order valence-corrected chi connectivity index (χ2v) is 4.36.